The molecule has 0 bridgehead atoms. The number of amides is 1. The molecular formula is C22H29ClN2O3S. The lowest BCUT2D eigenvalue weighted by Gasteiger charge is -2.23. The van der Waals surface area contributed by atoms with Crippen molar-refractivity contribution < 1.29 is 13.2 Å². The van der Waals surface area contributed by atoms with Gasteiger partial charge in [-0.15, -0.1) is 0 Å². The van der Waals surface area contributed by atoms with E-state index in [1.54, 1.807) is 24.3 Å². The fourth-order valence-corrected chi connectivity index (χ4v) is 3.83. The van der Waals surface area contributed by atoms with Crippen molar-refractivity contribution in [2.24, 2.45) is 0 Å². The maximum Gasteiger partial charge on any atom is 0.235 e. The molecule has 0 aromatic heterocycles. The molecule has 0 saturated heterocycles. The highest BCUT2D eigenvalue weighted by atomic mass is 35.5. The zero-order valence-corrected chi connectivity index (χ0v) is 19.1. The smallest absolute Gasteiger partial charge is 0.235 e. The van der Waals surface area contributed by atoms with E-state index in [0.717, 1.165) is 16.1 Å². The monoisotopic (exact) mass is 436 g/mol. The average Bonchev–Trinajstić information content (AvgIpc) is 2.61. The van der Waals surface area contributed by atoms with E-state index in [1.807, 2.05) is 19.1 Å². The fourth-order valence-electron chi connectivity index (χ4n) is 2.91. The van der Waals surface area contributed by atoms with Gasteiger partial charge in [0.1, 0.15) is 0 Å². The molecule has 0 spiro atoms. The van der Waals surface area contributed by atoms with Gasteiger partial charge in [0.05, 0.1) is 18.8 Å². The van der Waals surface area contributed by atoms with Crippen LogP contribution in [0, 0.1) is 0 Å². The summed E-state index contributed by atoms with van der Waals surface area (Å²) in [7, 11) is -3.58. The van der Waals surface area contributed by atoms with E-state index in [4.69, 9.17) is 11.6 Å². The molecule has 1 N–H and O–H groups in total. The van der Waals surface area contributed by atoms with Crippen LogP contribution in [0.25, 0.3) is 0 Å². The normalized spacial score (nSPS) is 13.3. The average molecular weight is 437 g/mol. The number of hydrogen-bond acceptors (Lipinski definition) is 3. The standard InChI is InChI=1S/C22H29ClN2O3S/c1-16(17-10-12-19(13-11-17)22(2,3)4)24-21(26)15-25(29(5,27)28)14-18-8-6-7-9-20(18)23/h6-13,16H,14-15H2,1-5H3,(H,24,26)/t16-/m0/s1. The molecule has 0 saturated carbocycles. The van der Waals surface area contributed by atoms with Crippen molar-refractivity contribution in [2.75, 3.05) is 12.8 Å². The Morgan fingerprint density at radius 2 is 1.69 bits per heavy atom. The first-order valence-corrected chi connectivity index (χ1v) is 11.7. The second kappa shape index (κ2) is 9.28. The van der Waals surface area contributed by atoms with E-state index in [1.165, 1.54) is 5.56 Å². The van der Waals surface area contributed by atoms with Crippen molar-refractivity contribution in [1.29, 1.82) is 0 Å². The first kappa shape index (κ1) is 23.4. The Hall–Kier alpha value is -1.89. The molecule has 0 unspecified atom stereocenters. The van der Waals surface area contributed by atoms with Crippen molar-refractivity contribution in [2.45, 2.75) is 45.7 Å². The predicted molar refractivity (Wildman–Crippen MR) is 118 cm³/mol. The molecule has 29 heavy (non-hydrogen) atoms. The maximum atomic E-state index is 12.5. The van der Waals surface area contributed by atoms with Gasteiger partial charge < -0.3 is 5.32 Å². The van der Waals surface area contributed by atoms with Gasteiger partial charge in [0.15, 0.2) is 0 Å². The van der Waals surface area contributed by atoms with Crippen LogP contribution in [0.15, 0.2) is 48.5 Å². The van der Waals surface area contributed by atoms with Crippen molar-refractivity contribution in [3.63, 3.8) is 0 Å². The van der Waals surface area contributed by atoms with Crippen LogP contribution in [-0.4, -0.2) is 31.4 Å². The summed E-state index contributed by atoms with van der Waals surface area (Å²) >= 11 is 6.14. The number of carbonyl (C=O) groups excluding carboxylic acids is 1. The second-order valence-electron chi connectivity index (χ2n) is 8.28. The molecule has 0 fully saturated rings. The molecule has 0 aliphatic carbocycles. The third kappa shape index (κ3) is 6.84. The molecule has 0 radical (unpaired) electrons. The lowest BCUT2D eigenvalue weighted by Crippen LogP contribution is -2.40. The van der Waals surface area contributed by atoms with E-state index in [0.29, 0.717) is 10.6 Å². The highest BCUT2D eigenvalue weighted by Crippen LogP contribution is 2.24. The van der Waals surface area contributed by atoms with Crippen molar-refractivity contribution in [3.8, 4) is 0 Å². The Labute approximate surface area is 179 Å². The SMILES string of the molecule is C[C@H](NC(=O)CN(Cc1ccccc1Cl)S(C)(=O)=O)c1ccc(C(C)(C)C)cc1. The van der Waals surface area contributed by atoms with Crippen LogP contribution >= 0.6 is 11.6 Å². The summed E-state index contributed by atoms with van der Waals surface area (Å²) in [6.45, 7) is 8.09. The summed E-state index contributed by atoms with van der Waals surface area (Å²) < 4.78 is 25.5. The summed E-state index contributed by atoms with van der Waals surface area (Å²) in [5.41, 5.74) is 2.88. The Bertz CT molecular complexity index is 951. The zero-order valence-electron chi connectivity index (χ0n) is 17.6. The Morgan fingerprint density at radius 3 is 2.21 bits per heavy atom. The molecular weight excluding hydrogens is 408 g/mol. The summed E-state index contributed by atoms with van der Waals surface area (Å²) in [6, 6.07) is 14.8. The number of rotatable bonds is 7. The molecule has 2 aromatic rings. The first-order chi connectivity index (χ1) is 13.4. The highest BCUT2D eigenvalue weighted by Gasteiger charge is 2.22. The van der Waals surface area contributed by atoms with Gasteiger partial charge in [-0.25, -0.2) is 8.42 Å². The predicted octanol–water partition coefficient (Wildman–Crippen LogP) is 4.28. The lowest BCUT2D eigenvalue weighted by molar-refractivity contribution is -0.122. The molecule has 0 heterocycles. The van der Waals surface area contributed by atoms with Crippen LogP contribution in [0.3, 0.4) is 0 Å². The van der Waals surface area contributed by atoms with Crippen LogP contribution in [0.1, 0.15) is 50.4 Å². The second-order valence-corrected chi connectivity index (χ2v) is 10.7. The molecule has 0 aliphatic heterocycles. The summed E-state index contributed by atoms with van der Waals surface area (Å²) in [5.74, 6) is -0.366. The summed E-state index contributed by atoms with van der Waals surface area (Å²) in [5, 5.41) is 3.35. The number of carbonyl (C=O) groups is 1. The van der Waals surface area contributed by atoms with Crippen LogP contribution < -0.4 is 5.32 Å². The summed E-state index contributed by atoms with van der Waals surface area (Å²) in [6.07, 6.45) is 1.09. The van der Waals surface area contributed by atoms with Crippen LogP contribution in [0.2, 0.25) is 5.02 Å². The molecule has 1 atom stereocenters. The van der Waals surface area contributed by atoms with Gasteiger partial charge in [-0.05, 0) is 35.1 Å². The molecule has 0 aliphatic rings. The molecule has 5 nitrogen and oxygen atoms in total. The van der Waals surface area contributed by atoms with E-state index in [9.17, 15) is 13.2 Å². The van der Waals surface area contributed by atoms with Gasteiger partial charge >= 0.3 is 0 Å². The quantitative estimate of drug-likeness (QED) is 0.704. The van der Waals surface area contributed by atoms with Gasteiger partial charge in [-0.2, -0.15) is 4.31 Å². The number of hydrogen-bond donors (Lipinski definition) is 1. The van der Waals surface area contributed by atoms with Crippen LogP contribution in [0.5, 0.6) is 0 Å². The zero-order chi connectivity index (χ0) is 21.8. The van der Waals surface area contributed by atoms with Crippen molar-refractivity contribution in [3.05, 3.63) is 70.2 Å². The highest BCUT2D eigenvalue weighted by molar-refractivity contribution is 7.88. The number of nitrogens with zero attached hydrogens (tertiary/aromatic N) is 1. The third-order valence-electron chi connectivity index (χ3n) is 4.75. The van der Waals surface area contributed by atoms with Gasteiger partial charge in [0.2, 0.25) is 15.9 Å². The van der Waals surface area contributed by atoms with Gasteiger partial charge in [0.25, 0.3) is 0 Å². The van der Waals surface area contributed by atoms with Gasteiger partial charge in [-0.3, -0.25) is 4.79 Å². The van der Waals surface area contributed by atoms with E-state index < -0.39 is 10.0 Å². The molecule has 7 heteroatoms. The van der Waals surface area contributed by atoms with Gasteiger partial charge in [0, 0.05) is 11.6 Å². The minimum Gasteiger partial charge on any atom is -0.348 e. The van der Waals surface area contributed by atoms with E-state index in [-0.39, 0.29) is 30.5 Å². The lowest BCUT2D eigenvalue weighted by atomic mass is 9.86. The molecule has 2 aromatic carbocycles. The van der Waals surface area contributed by atoms with E-state index >= 15 is 0 Å². The maximum absolute atomic E-state index is 12.5. The Balaban J connectivity index is 2.07. The Morgan fingerprint density at radius 1 is 1.10 bits per heavy atom. The number of nitrogens with one attached hydrogen (secondary N) is 1. The van der Waals surface area contributed by atoms with Gasteiger partial charge in [-0.1, -0.05) is 74.8 Å². The fraction of sp³-hybridized carbons (Fsp3) is 0.409. The molecule has 2 rings (SSSR count). The molecule has 158 valence electrons. The largest absolute Gasteiger partial charge is 0.348 e. The third-order valence-corrected chi connectivity index (χ3v) is 6.31. The minimum absolute atomic E-state index is 0.0422. The number of benzene rings is 2. The van der Waals surface area contributed by atoms with E-state index in [2.05, 4.69) is 38.2 Å². The first-order valence-electron chi connectivity index (χ1n) is 9.46. The topological polar surface area (TPSA) is 66.5 Å². The number of halogens is 1. The van der Waals surface area contributed by atoms with Crippen LogP contribution in [0.4, 0.5) is 0 Å². The Kier molecular flexibility index (Phi) is 7.49. The summed E-state index contributed by atoms with van der Waals surface area (Å²) in [4.78, 5) is 12.5. The van der Waals surface area contributed by atoms with Crippen molar-refractivity contribution >= 4 is 27.5 Å². The number of sulfonamides is 1. The minimum atomic E-state index is -3.58. The van der Waals surface area contributed by atoms with Crippen molar-refractivity contribution in [1.82, 2.24) is 9.62 Å². The van der Waals surface area contributed by atoms with Crippen LogP contribution in [-0.2, 0) is 26.8 Å². The molecule has 1 amide bonds.